The molecular formula is C18H15F3N2O3. The van der Waals surface area contributed by atoms with Crippen molar-refractivity contribution in [2.45, 2.75) is 31.6 Å². The van der Waals surface area contributed by atoms with Gasteiger partial charge in [0.05, 0.1) is 10.5 Å². The molecule has 0 atom stereocenters. The van der Waals surface area contributed by atoms with Gasteiger partial charge in [0, 0.05) is 30.3 Å². The van der Waals surface area contributed by atoms with E-state index in [0.29, 0.717) is 5.56 Å². The van der Waals surface area contributed by atoms with Crippen molar-refractivity contribution in [1.29, 1.82) is 0 Å². The molecule has 0 spiro atoms. The van der Waals surface area contributed by atoms with Crippen LogP contribution < -0.4 is 0 Å². The number of hydrogen-bond acceptors (Lipinski definition) is 3. The first-order valence-electron chi connectivity index (χ1n) is 7.97. The number of carbonyl (C=O) groups excluding carboxylic acids is 1. The third-order valence-electron chi connectivity index (χ3n) is 4.19. The lowest BCUT2D eigenvalue weighted by atomic mass is 10.1. The molecule has 0 aromatic heterocycles. The Bertz CT molecular complexity index is 830. The number of nitro benzene ring substituents is 1. The largest absolute Gasteiger partial charge is 0.416 e. The van der Waals surface area contributed by atoms with Gasteiger partial charge < -0.3 is 4.90 Å². The Kier molecular flexibility index (Phi) is 4.67. The number of non-ortho nitro benzene ring substituents is 1. The van der Waals surface area contributed by atoms with Gasteiger partial charge >= 0.3 is 6.18 Å². The standard InChI is InChI=1S/C18H15F3N2O3/c19-18(20,21)14-6-4-12(5-7-14)11-22(15-8-9-15)17(24)13-2-1-3-16(10-13)23(25)26/h1-7,10,15H,8-9,11H2. The highest BCUT2D eigenvalue weighted by molar-refractivity contribution is 5.95. The van der Waals surface area contributed by atoms with Gasteiger partial charge in [0.2, 0.25) is 0 Å². The lowest BCUT2D eigenvalue weighted by Gasteiger charge is -2.23. The molecule has 0 bridgehead atoms. The molecule has 26 heavy (non-hydrogen) atoms. The predicted molar refractivity (Wildman–Crippen MR) is 87.4 cm³/mol. The highest BCUT2D eigenvalue weighted by Gasteiger charge is 2.34. The maximum Gasteiger partial charge on any atom is 0.416 e. The fourth-order valence-corrected chi connectivity index (χ4v) is 2.67. The van der Waals surface area contributed by atoms with Gasteiger partial charge in [-0.15, -0.1) is 0 Å². The SMILES string of the molecule is O=C(c1cccc([N+](=O)[O-])c1)N(Cc1ccc(C(F)(F)F)cc1)C1CC1. The summed E-state index contributed by atoms with van der Waals surface area (Å²) in [6.45, 7) is 0.157. The molecule has 0 N–H and O–H groups in total. The van der Waals surface area contributed by atoms with Crippen LogP contribution in [0.25, 0.3) is 0 Å². The van der Waals surface area contributed by atoms with Crippen LogP contribution in [0.4, 0.5) is 18.9 Å². The van der Waals surface area contributed by atoms with Crippen molar-refractivity contribution in [2.24, 2.45) is 0 Å². The van der Waals surface area contributed by atoms with Crippen molar-refractivity contribution in [2.75, 3.05) is 0 Å². The molecule has 0 unspecified atom stereocenters. The van der Waals surface area contributed by atoms with Crippen LogP contribution in [0.2, 0.25) is 0 Å². The van der Waals surface area contributed by atoms with Gasteiger partial charge in [0.1, 0.15) is 0 Å². The van der Waals surface area contributed by atoms with E-state index in [1.165, 1.54) is 36.4 Å². The summed E-state index contributed by atoms with van der Waals surface area (Å²) in [6, 6.07) is 10.1. The summed E-state index contributed by atoms with van der Waals surface area (Å²) in [4.78, 5) is 24.6. The van der Waals surface area contributed by atoms with Gasteiger partial charge in [-0.1, -0.05) is 18.2 Å². The first kappa shape index (κ1) is 17.9. The zero-order valence-corrected chi connectivity index (χ0v) is 13.6. The van der Waals surface area contributed by atoms with E-state index >= 15 is 0 Å². The highest BCUT2D eigenvalue weighted by Crippen LogP contribution is 2.32. The molecule has 136 valence electrons. The van der Waals surface area contributed by atoms with Gasteiger partial charge in [-0.3, -0.25) is 14.9 Å². The molecular weight excluding hydrogens is 349 g/mol. The maximum atomic E-state index is 12.8. The first-order valence-corrected chi connectivity index (χ1v) is 7.97. The Morgan fingerprint density at radius 1 is 1.15 bits per heavy atom. The fourth-order valence-electron chi connectivity index (χ4n) is 2.67. The van der Waals surface area contributed by atoms with Crippen LogP contribution in [-0.2, 0) is 12.7 Å². The van der Waals surface area contributed by atoms with Crippen LogP contribution in [0.5, 0.6) is 0 Å². The summed E-state index contributed by atoms with van der Waals surface area (Å²) in [6.07, 6.45) is -2.80. The normalized spacial score (nSPS) is 14.1. The van der Waals surface area contributed by atoms with Crippen molar-refractivity contribution < 1.29 is 22.9 Å². The molecule has 2 aromatic rings. The number of carbonyl (C=O) groups is 1. The van der Waals surface area contributed by atoms with Crippen molar-refractivity contribution in [3.8, 4) is 0 Å². The van der Waals surface area contributed by atoms with Crippen molar-refractivity contribution >= 4 is 11.6 Å². The summed E-state index contributed by atoms with van der Waals surface area (Å²) in [5.41, 5.74) is -0.160. The highest BCUT2D eigenvalue weighted by atomic mass is 19.4. The van der Waals surface area contributed by atoms with Crippen LogP contribution >= 0.6 is 0 Å². The molecule has 0 radical (unpaired) electrons. The average Bonchev–Trinajstić information content (AvgIpc) is 3.44. The number of halogens is 3. The van der Waals surface area contributed by atoms with Crippen molar-refractivity contribution in [1.82, 2.24) is 4.90 Å². The minimum Gasteiger partial charge on any atom is -0.331 e. The molecule has 1 fully saturated rings. The summed E-state index contributed by atoms with van der Waals surface area (Å²) in [5.74, 6) is -0.365. The number of alkyl halides is 3. The minimum atomic E-state index is -4.41. The van der Waals surface area contributed by atoms with Gasteiger partial charge in [0.15, 0.2) is 0 Å². The number of nitrogens with zero attached hydrogens (tertiary/aromatic N) is 2. The van der Waals surface area contributed by atoms with Gasteiger partial charge in [0.25, 0.3) is 11.6 Å². The average molecular weight is 364 g/mol. The van der Waals surface area contributed by atoms with Crippen LogP contribution in [0, 0.1) is 10.1 Å². The summed E-state index contributed by atoms with van der Waals surface area (Å²) in [5, 5.41) is 10.9. The smallest absolute Gasteiger partial charge is 0.331 e. The van der Waals surface area contributed by atoms with E-state index in [4.69, 9.17) is 0 Å². The Morgan fingerprint density at radius 2 is 1.81 bits per heavy atom. The number of nitro groups is 1. The van der Waals surface area contributed by atoms with Gasteiger partial charge in [-0.05, 0) is 36.6 Å². The Balaban J connectivity index is 1.80. The Labute approximate surface area is 147 Å². The second-order valence-corrected chi connectivity index (χ2v) is 6.17. The van der Waals surface area contributed by atoms with E-state index in [0.717, 1.165) is 25.0 Å². The zero-order chi connectivity index (χ0) is 18.9. The monoisotopic (exact) mass is 364 g/mol. The van der Waals surface area contributed by atoms with Crippen LogP contribution in [0.3, 0.4) is 0 Å². The van der Waals surface area contributed by atoms with Crippen molar-refractivity contribution in [3.63, 3.8) is 0 Å². The van der Waals surface area contributed by atoms with Crippen LogP contribution in [-0.4, -0.2) is 21.8 Å². The first-order chi connectivity index (χ1) is 12.3. The fraction of sp³-hybridized carbons (Fsp3) is 0.278. The number of rotatable bonds is 5. The lowest BCUT2D eigenvalue weighted by Crippen LogP contribution is -2.32. The van der Waals surface area contributed by atoms with E-state index in [1.807, 2.05) is 0 Å². The summed E-state index contributed by atoms with van der Waals surface area (Å²) in [7, 11) is 0. The molecule has 0 heterocycles. The van der Waals surface area contributed by atoms with E-state index in [-0.39, 0.29) is 29.7 Å². The van der Waals surface area contributed by atoms with E-state index in [2.05, 4.69) is 0 Å². The molecule has 3 rings (SSSR count). The van der Waals surface area contributed by atoms with E-state index in [1.54, 1.807) is 4.90 Å². The minimum absolute atomic E-state index is 0.00375. The molecule has 0 aliphatic heterocycles. The van der Waals surface area contributed by atoms with Gasteiger partial charge in [-0.2, -0.15) is 13.2 Å². The third-order valence-corrected chi connectivity index (χ3v) is 4.19. The molecule has 1 saturated carbocycles. The van der Waals surface area contributed by atoms with Crippen LogP contribution in [0.1, 0.15) is 34.3 Å². The predicted octanol–water partition coefficient (Wildman–Crippen LogP) is 4.42. The maximum absolute atomic E-state index is 12.8. The molecule has 2 aromatic carbocycles. The van der Waals surface area contributed by atoms with Gasteiger partial charge in [-0.25, -0.2) is 0 Å². The molecule has 0 saturated heterocycles. The van der Waals surface area contributed by atoms with Crippen molar-refractivity contribution in [3.05, 3.63) is 75.3 Å². The number of hydrogen-bond donors (Lipinski definition) is 0. The van der Waals surface area contributed by atoms with E-state index in [9.17, 15) is 28.1 Å². The quantitative estimate of drug-likeness (QED) is 0.583. The summed E-state index contributed by atoms with van der Waals surface area (Å²) >= 11 is 0. The second-order valence-electron chi connectivity index (χ2n) is 6.17. The van der Waals surface area contributed by atoms with Crippen LogP contribution in [0.15, 0.2) is 48.5 Å². The van der Waals surface area contributed by atoms with E-state index < -0.39 is 16.7 Å². The second kappa shape index (κ2) is 6.78. The molecule has 1 aliphatic carbocycles. The number of amides is 1. The molecule has 1 aliphatic rings. The topological polar surface area (TPSA) is 63.4 Å². The molecule has 5 nitrogen and oxygen atoms in total. The summed E-state index contributed by atoms with van der Waals surface area (Å²) < 4.78 is 38.0. The Morgan fingerprint density at radius 3 is 2.35 bits per heavy atom. The zero-order valence-electron chi connectivity index (χ0n) is 13.6. The lowest BCUT2D eigenvalue weighted by molar-refractivity contribution is -0.384. The number of benzene rings is 2. The molecule has 1 amide bonds. The molecule has 8 heteroatoms. The Hall–Kier alpha value is -2.90. The third kappa shape index (κ3) is 4.01.